The summed E-state index contributed by atoms with van der Waals surface area (Å²) in [5.41, 5.74) is 0.569. The zero-order valence-electron chi connectivity index (χ0n) is 10.5. The fourth-order valence-electron chi connectivity index (χ4n) is 2.09. The van der Waals surface area contributed by atoms with Gasteiger partial charge in [0.05, 0.1) is 11.8 Å². The van der Waals surface area contributed by atoms with Crippen molar-refractivity contribution < 1.29 is 9.18 Å². The summed E-state index contributed by atoms with van der Waals surface area (Å²) in [7, 11) is 0. The Morgan fingerprint density at radius 3 is 2.63 bits per heavy atom. The topological polar surface area (TPSA) is 59.4 Å². The van der Waals surface area contributed by atoms with Gasteiger partial charge in [-0.25, -0.2) is 9.18 Å². The van der Waals surface area contributed by atoms with Gasteiger partial charge in [-0.3, -0.25) is 0 Å². The second kappa shape index (κ2) is 6.05. The summed E-state index contributed by atoms with van der Waals surface area (Å²) in [6, 6.07) is 8.24. The summed E-state index contributed by atoms with van der Waals surface area (Å²) < 4.78 is 13.6. The van der Waals surface area contributed by atoms with Crippen molar-refractivity contribution in [3.05, 3.63) is 30.1 Å². The zero-order valence-corrected chi connectivity index (χ0v) is 10.5. The number of carbonyl (C=O) groups is 1. The smallest absolute Gasteiger partial charge is 0.318 e. The highest BCUT2D eigenvalue weighted by Crippen LogP contribution is 2.19. The van der Waals surface area contributed by atoms with Gasteiger partial charge in [0.2, 0.25) is 0 Å². The predicted octanol–water partition coefficient (Wildman–Crippen LogP) is 1.18. The van der Waals surface area contributed by atoms with Crippen LogP contribution in [-0.2, 0) is 0 Å². The maximum atomic E-state index is 13.6. The molecule has 0 radical (unpaired) electrons. The van der Waals surface area contributed by atoms with Gasteiger partial charge in [-0.05, 0) is 12.1 Å². The first-order valence-electron chi connectivity index (χ1n) is 6.11. The predicted molar refractivity (Wildman–Crippen MR) is 69.2 cm³/mol. The van der Waals surface area contributed by atoms with Gasteiger partial charge in [0.25, 0.3) is 0 Å². The highest BCUT2D eigenvalue weighted by molar-refractivity contribution is 5.74. The summed E-state index contributed by atoms with van der Waals surface area (Å²) in [6.07, 6.45) is 0. The van der Waals surface area contributed by atoms with Gasteiger partial charge >= 0.3 is 6.03 Å². The lowest BCUT2D eigenvalue weighted by atomic mass is 10.2. The molecular weight excluding hydrogens is 247 g/mol. The van der Waals surface area contributed by atoms with Crippen molar-refractivity contribution in [2.45, 2.75) is 0 Å². The van der Waals surface area contributed by atoms with Crippen LogP contribution in [-0.4, -0.2) is 43.7 Å². The molecule has 0 aromatic heterocycles. The third-order valence-corrected chi connectivity index (χ3v) is 3.08. The number of amides is 2. The van der Waals surface area contributed by atoms with E-state index in [0.29, 0.717) is 31.9 Å². The number of hydrogen-bond donors (Lipinski definition) is 1. The summed E-state index contributed by atoms with van der Waals surface area (Å²) in [6.45, 7) is 2.21. The van der Waals surface area contributed by atoms with E-state index in [1.165, 1.54) is 6.07 Å². The minimum atomic E-state index is -0.245. The van der Waals surface area contributed by atoms with Gasteiger partial charge in [0.1, 0.15) is 12.4 Å². The molecule has 6 heteroatoms. The standard InChI is InChI=1S/C13H15FN4O/c14-11-3-1-2-4-12(11)17-7-9-18(10-8-17)13(19)16-6-5-15/h1-4H,6-10H2,(H,16,19). The molecule has 1 aliphatic heterocycles. The molecule has 0 aliphatic carbocycles. The molecule has 1 fully saturated rings. The van der Waals surface area contributed by atoms with E-state index in [2.05, 4.69) is 5.32 Å². The molecule has 1 heterocycles. The third kappa shape index (κ3) is 3.13. The molecule has 2 amide bonds. The molecule has 1 aromatic rings. The highest BCUT2D eigenvalue weighted by atomic mass is 19.1. The van der Waals surface area contributed by atoms with Gasteiger partial charge in [-0.1, -0.05) is 12.1 Å². The average molecular weight is 262 g/mol. The number of benzene rings is 1. The summed E-state index contributed by atoms with van der Waals surface area (Å²) in [5, 5.41) is 10.9. The quantitative estimate of drug-likeness (QED) is 0.814. The first-order chi connectivity index (χ1) is 9.22. The molecule has 1 saturated heterocycles. The van der Waals surface area contributed by atoms with Crippen LogP contribution in [0.15, 0.2) is 24.3 Å². The van der Waals surface area contributed by atoms with Crippen LogP contribution in [0.3, 0.4) is 0 Å². The van der Waals surface area contributed by atoms with Crippen LogP contribution in [0.5, 0.6) is 0 Å². The molecular formula is C13H15FN4O. The summed E-state index contributed by atoms with van der Waals surface area (Å²) >= 11 is 0. The number of para-hydroxylation sites is 1. The average Bonchev–Trinajstić information content (AvgIpc) is 2.45. The Morgan fingerprint density at radius 1 is 1.32 bits per heavy atom. The van der Waals surface area contributed by atoms with Crippen LogP contribution < -0.4 is 10.2 Å². The van der Waals surface area contributed by atoms with E-state index >= 15 is 0 Å². The van der Waals surface area contributed by atoms with Crippen LogP contribution in [0.4, 0.5) is 14.9 Å². The molecule has 19 heavy (non-hydrogen) atoms. The number of anilines is 1. The highest BCUT2D eigenvalue weighted by Gasteiger charge is 2.22. The summed E-state index contributed by atoms with van der Waals surface area (Å²) in [5.74, 6) is -0.245. The third-order valence-electron chi connectivity index (χ3n) is 3.08. The lowest BCUT2D eigenvalue weighted by Crippen LogP contribution is -2.52. The second-order valence-corrected chi connectivity index (χ2v) is 4.24. The number of nitrogens with one attached hydrogen (secondary N) is 1. The van der Waals surface area contributed by atoms with Gasteiger partial charge in [-0.15, -0.1) is 0 Å². The molecule has 0 spiro atoms. The molecule has 2 rings (SSSR count). The van der Waals surface area contributed by atoms with Crippen molar-refractivity contribution in [2.75, 3.05) is 37.6 Å². The molecule has 1 aliphatic rings. The first kappa shape index (κ1) is 13.1. The lowest BCUT2D eigenvalue weighted by Gasteiger charge is -2.36. The van der Waals surface area contributed by atoms with E-state index in [0.717, 1.165) is 0 Å². The van der Waals surface area contributed by atoms with E-state index in [4.69, 9.17) is 5.26 Å². The number of urea groups is 1. The van der Waals surface area contributed by atoms with Crippen LogP contribution >= 0.6 is 0 Å². The van der Waals surface area contributed by atoms with Crippen LogP contribution in [0.1, 0.15) is 0 Å². The Kier molecular flexibility index (Phi) is 4.18. The molecule has 1 aromatic carbocycles. The Morgan fingerprint density at radius 2 is 2.00 bits per heavy atom. The molecule has 0 atom stereocenters. The van der Waals surface area contributed by atoms with Crippen molar-refractivity contribution in [2.24, 2.45) is 0 Å². The number of nitrogens with zero attached hydrogens (tertiary/aromatic N) is 3. The first-order valence-corrected chi connectivity index (χ1v) is 6.11. The molecule has 0 saturated carbocycles. The zero-order chi connectivity index (χ0) is 13.7. The Labute approximate surface area is 111 Å². The number of hydrogen-bond acceptors (Lipinski definition) is 3. The molecule has 0 unspecified atom stereocenters. The number of piperazine rings is 1. The second-order valence-electron chi connectivity index (χ2n) is 4.24. The minimum Gasteiger partial charge on any atom is -0.366 e. The summed E-state index contributed by atoms with van der Waals surface area (Å²) in [4.78, 5) is 15.2. The maximum Gasteiger partial charge on any atom is 0.318 e. The van der Waals surface area contributed by atoms with E-state index < -0.39 is 0 Å². The van der Waals surface area contributed by atoms with Crippen LogP contribution in [0.25, 0.3) is 0 Å². The fourth-order valence-corrected chi connectivity index (χ4v) is 2.09. The van der Waals surface area contributed by atoms with Crippen molar-refractivity contribution in [3.8, 4) is 6.07 Å². The van der Waals surface area contributed by atoms with Gasteiger partial charge in [-0.2, -0.15) is 5.26 Å². The molecule has 0 bridgehead atoms. The minimum absolute atomic E-state index is 0.00631. The Balaban J connectivity index is 1.91. The maximum absolute atomic E-state index is 13.6. The fraction of sp³-hybridized carbons (Fsp3) is 0.385. The number of nitriles is 1. The lowest BCUT2D eigenvalue weighted by molar-refractivity contribution is 0.195. The SMILES string of the molecule is N#CCNC(=O)N1CCN(c2ccccc2F)CC1. The molecule has 5 nitrogen and oxygen atoms in total. The number of carbonyl (C=O) groups excluding carboxylic acids is 1. The monoisotopic (exact) mass is 262 g/mol. The normalized spacial score (nSPS) is 14.9. The van der Waals surface area contributed by atoms with Crippen molar-refractivity contribution >= 4 is 11.7 Å². The van der Waals surface area contributed by atoms with Crippen LogP contribution in [0.2, 0.25) is 0 Å². The Bertz CT molecular complexity index is 492. The van der Waals surface area contributed by atoms with Gasteiger partial charge in [0, 0.05) is 26.2 Å². The van der Waals surface area contributed by atoms with Crippen LogP contribution in [0, 0.1) is 17.1 Å². The molecule has 100 valence electrons. The van der Waals surface area contributed by atoms with Crippen molar-refractivity contribution in [1.29, 1.82) is 5.26 Å². The Hall–Kier alpha value is -2.29. The van der Waals surface area contributed by atoms with E-state index in [1.54, 1.807) is 23.1 Å². The van der Waals surface area contributed by atoms with E-state index in [1.807, 2.05) is 11.0 Å². The van der Waals surface area contributed by atoms with E-state index in [9.17, 15) is 9.18 Å². The largest absolute Gasteiger partial charge is 0.366 e. The number of halogens is 1. The van der Waals surface area contributed by atoms with E-state index in [-0.39, 0.29) is 18.4 Å². The van der Waals surface area contributed by atoms with Gasteiger partial charge in [0.15, 0.2) is 0 Å². The molecule has 1 N–H and O–H groups in total. The van der Waals surface area contributed by atoms with Gasteiger partial charge < -0.3 is 15.1 Å². The van der Waals surface area contributed by atoms with Crippen molar-refractivity contribution in [1.82, 2.24) is 10.2 Å². The number of rotatable bonds is 2. The van der Waals surface area contributed by atoms with Crippen molar-refractivity contribution in [3.63, 3.8) is 0 Å².